The van der Waals surface area contributed by atoms with Crippen molar-refractivity contribution in [2.24, 2.45) is 0 Å². The molecular weight excluding hydrogens is 330 g/mol. The van der Waals surface area contributed by atoms with E-state index >= 15 is 0 Å². The van der Waals surface area contributed by atoms with Gasteiger partial charge in [0.1, 0.15) is 5.01 Å². The zero-order valence-corrected chi connectivity index (χ0v) is 15.1. The van der Waals surface area contributed by atoms with Crippen molar-refractivity contribution in [3.05, 3.63) is 64.7 Å². The van der Waals surface area contributed by atoms with Crippen molar-refractivity contribution < 1.29 is 4.79 Å². The number of para-hydroxylation sites is 1. The molecule has 0 radical (unpaired) electrons. The zero-order valence-electron chi connectivity index (χ0n) is 14.3. The second-order valence-corrected chi connectivity index (χ2v) is 7.62. The molecule has 0 unspecified atom stereocenters. The Morgan fingerprint density at radius 1 is 1.04 bits per heavy atom. The van der Waals surface area contributed by atoms with E-state index in [0.29, 0.717) is 0 Å². The fraction of sp³-hybridized carbons (Fsp3) is 0.300. The van der Waals surface area contributed by atoms with Crippen LogP contribution in [-0.2, 0) is 6.54 Å². The first-order chi connectivity index (χ1) is 12.2. The first-order valence-electron chi connectivity index (χ1n) is 8.62. The maximum atomic E-state index is 12.6. The third kappa shape index (κ3) is 3.57. The SMILES string of the molecule is Cc1ccc(C(=O)N2CCN(Cc3nc4ccccc4s3)CC2)cc1. The van der Waals surface area contributed by atoms with Gasteiger partial charge in [-0.3, -0.25) is 9.69 Å². The van der Waals surface area contributed by atoms with Gasteiger partial charge in [-0.2, -0.15) is 0 Å². The molecule has 1 aromatic heterocycles. The van der Waals surface area contributed by atoms with Gasteiger partial charge in [0.15, 0.2) is 0 Å². The number of hydrogen-bond acceptors (Lipinski definition) is 4. The van der Waals surface area contributed by atoms with Gasteiger partial charge in [-0.1, -0.05) is 29.8 Å². The molecule has 0 saturated carbocycles. The summed E-state index contributed by atoms with van der Waals surface area (Å²) in [6.45, 7) is 6.25. The molecule has 0 N–H and O–H groups in total. The van der Waals surface area contributed by atoms with Crippen LogP contribution in [0.5, 0.6) is 0 Å². The molecule has 0 bridgehead atoms. The molecule has 1 amide bonds. The minimum absolute atomic E-state index is 0.139. The number of aromatic nitrogens is 1. The van der Waals surface area contributed by atoms with Gasteiger partial charge < -0.3 is 4.90 Å². The van der Waals surface area contributed by atoms with Gasteiger partial charge in [0.2, 0.25) is 0 Å². The molecular formula is C20H21N3OS. The van der Waals surface area contributed by atoms with Gasteiger partial charge in [-0.15, -0.1) is 11.3 Å². The molecule has 128 valence electrons. The predicted octanol–water partition coefficient (Wildman–Crippen LogP) is 3.56. The Morgan fingerprint density at radius 3 is 2.48 bits per heavy atom. The number of thiazole rings is 1. The van der Waals surface area contributed by atoms with Crippen LogP contribution in [0, 0.1) is 6.92 Å². The molecule has 2 heterocycles. The average molecular weight is 351 g/mol. The number of carbonyl (C=O) groups excluding carboxylic acids is 1. The molecule has 1 aliphatic rings. The molecule has 4 rings (SSSR count). The summed E-state index contributed by atoms with van der Waals surface area (Å²) in [5.74, 6) is 0.139. The number of piperazine rings is 1. The van der Waals surface area contributed by atoms with Gasteiger partial charge in [0.25, 0.3) is 5.91 Å². The summed E-state index contributed by atoms with van der Waals surface area (Å²) >= 11 is 1.76. The van der Waals surface area contributed by atoms with E-state index in [4.69, 9.17) is 4.98 Å². The molecule has 4 nitrogen and oxygen atoms in total. The molecule has 5 heteroatoms. The topological polar surface area (TPSA) is 36.4 Å². The number of benzene rings is 2. The van der Waals surface area contributed by atoms with E-state index < -0.39 is 0 Å². The average Bonchev–Trinajstić information content (AvgIpc) is 3.05. The maximum Gasteiger partial charge on any atom is 0.253 e. The third-order valence-corrected chi connectivity index (χ3v) is 5.68. The maximum absolute atomic E-state index is 12.6. The first kappa shape index (κ1) is 16.2. The Labute approximate surface area is 151 Å². The van der Waals surface area contributed by atoms with Gasteiger partial charge in [-0.25, -0.2) is 4.98 Å². The van der Waals surface area contributed by atoms with E-state index in [9.17, 15) is 4.79 Å². The summed E-state index contributed by atoms with van der Waals surface area (Å²) in [4.78, 5) is 21.6. The van der Waals surface area contributed by atoms with Crippen LogP contribution in [0.3, 0.4) is 0 Å². The molecule has 0 atom stereocenters. The van der Waals surface area contributed by atoms with Crippen LogP contribution in [0.1, 0.15) is 20.9 Å². The van der Waals surface area contributed by atoms with Crippen LogP contribution < -0.4 is 0 Å². The standard InChI is InChI=1S/C20H21N3OS/c1-15-6-8-16(9-7-15)20(24)23-12-10-22(11-13-23)14-19-21-17-4-2-3-5-18(17)25-19/h2-9H,10-14H2,1H3. The summed E-state index contributed by atoms with van der Waals surface area (Å²) < 4.78 is 1.24. The highest BCUT2D eigenvalue weighted by Gasteiger charge is 2.22. The molecule has 1 saturated heterocycles. The number of rotatable bonds is 3. The molecule has 3 aromatic rings. The van der Waals surface area contributed by atoms with Crippen LogP contribution in [0.15, 0.2) is 48.5 Å². The van der Waals surface area contributed by atoms with Crippen molar-refractivity contribution in [1.82, 2.24) is 14.8 Å². The minimum atomic E-state index is 0.139. The van der Waals surface area contributed by atoms with Crippen molar-refractivity contribution in [1.29, 1.82) is 0 Å². The van der Waals surface area contributed by atoms with E-state index in [1.165, 1.54) is 10.3 Å². The van der Waals surface area contributed by atoms with Crippen molar-refractivity contribution >= 4 is 27.5 Å². The number of aryl methyl sites for hydroxylation is 1. The number of hydrogen-bond donors (Lipinski definition) is 0. The van der Waals surface area contributed by atoms with E-state index in [2.05, 4.69) is 23.1 Å². The van der Waals surface area contributed by atoms with Crippen LogP contribution in [0.25, 0.3) is 10.2 Å². The van der Waals surface area contributed by atoms with Crippen LogP contribution in [-0.4, -0.2) is 46.9 Å². The van der Waals surface area contributed by atoms with Gasteiger partial charge in [0.05, 0.1) is 16.8 Å². The van der Waals surface area contributed by atoms with Gasteiger partial charge in [0, 0.05) is 31.7 Å². The highest BCUT2D eigenvalue weighted by atomic mass is 32.1. The highest BCUT2D eigenvalue weighted by Crippen LogP contribution is 2.23. The number of nitrogens with zero attached hydrogens (tertiary/aromatic N) is 3. The Hall–Kier alpha value is -2.24. The lowest BCUT2D eigenvalue weighted by Gasteiger charge is -2.34. The molecule has 25 heavy (non-hydrogen) atoms. The molecule has 0 spiro atoms. The second kappa shape index (κ2) is 6.94. The highest BCUT2D eigenvalue weighted by molar-refractivity contribution is 7.18. The van der Waals surface area contributed by atoms with Crippen molar-refractivity contribution in [2.75, 3.05) is 26.2 Å². The summed E-state index contributed by atoms with van der Waals surface area (Å²) in [6, 6.07) is 16.1. The Balaban J connectivity index is 1.36. The number of carbonyl (C=O) groups is 1. The Bertz CT molecular complexity index is 846. The van der Waals surface area contributed by atoms with E-state index in [1.807, 2.05) is 42.2 Å². The summed E-state index contributed by atoms with van der Waals surface area (Å²) in [5, 5.41) is 1.15. The van der Waals surface area contributed by atoms with Crippen molar-refractivity contribution in [3.63, 3.8) is 0 Å². The lowest BCUT2D eigenvalue weighted by Crippen LogP contribution is -2.48. The second-order valence-electron chi connectivity index (χ2n) is 6.51. The lowest BCUT2D eigenvalue weighted by molar-refractivity contribution is 0.0628. The van der Waals surface area contributed by atoms with E-state index in [1.54, 1.807) is 11.3 Å². The smallest absolute Gasteiger partial charge is 0.253 e. The van der Waals surface area contributed by atoms with Gasteiger partial charge >= 0.3 is 0 Å². The van der Waals surface area contributed by atoms with E-state index in [-0.39, 0.29) is 5.91 Å². The summed E-state index contributed by atoms with van der Waals surface area (Å²) in [7, 11) is 0. The van der Waals surface area contributed by atoms with Crippen molar-refractivity contribution in [3.8, 4) is 0 Å². The lowest BCUT2D eigenvalue weighted by atomic mass is 10.1. The molecule has 1 fully saturated rings. The van der Waals surface area contributed by atoms with Crippen LogP contribution >= 0.6 is 11.3 Å². The summed E-state index contributed by atoms with van der Waals surface area (Å²) in [5.41, 5.74) is 3.04. The number of fused-ring (bicyclic) bond motifs is 1. The summed E-state index contributed by atoms with van der Waals surface area (Å²) in [6.07, 6.45) is 0. The van der Waals surface area contributed by atoms with Crippen molar-refractivity contribution in [2.45, 2.75) is 13.5 Å². The molecule has 0 aliphatic carbocycles. The minimum Gasteiger partial charge on any atom is -0.336 e. The molecule has 2 aromatic carbocycles. The van der Waals surface area contributed by atoms with E-state index in [0.717, 1.165) is 48.8 Å². The van der Waals surface area contributed by atoms with Gasteiger partial charge in [-0.05, 0) is 31.2 Å². The third-order valence-electron chi connectivity index (χ3n) is 4.66. The van der Waals surface area contributed by atoms with Crippen LogP contribution in [0.2, 0.25) is 0 Å². The quantitative estimate of drug-likeness (QED) is 0.724. The number of amides is 1. The first-order valence-corrected chi connectivity index (χ1v) is 9.43. The zero-order chi connectivity index (χ0) is 17.2. The Kier molecular flexibility index (Phi) is 4.51. The fourth-order valence-electron chi connectivity index (χ4n) is 3.17. The predicted molar refractivity (Wildman–Crippen MR) is 102 cm³/mol. The fourth-order valence-corrected chi connectivity index (χ4v) is 4.18. The van der Waals surface area contributed by atoms with Crippen LogP contribution in [0.4, 0.5) is 0 Å². The normalized spacial score (nSPS) is 15.6. The Morgan fingerprint density at radius 2 is 1.76 bits per heavy atom. The monoisotopic (exact) mass is 351 g/mol. The molecule has 1 aliphatic heterocycles. The largest absolute Gasteiger partial charge is 0.336 e.